The minimum Gasteiger partial charge on any atom is -0.333 e. The van der Waals surface area contributed by atoms with Crippen LogP contribution < -0.4 is 0 Å². The molecule has 2 nitrogen and oxygen atoms in total. The first kappa shape index (κ1) is 9.97. The Balaban J connectivity index is 2.39. The van der Waals surface area contributed by atoms with E-state index < -0.39 is 0 Å². The van der Waals surface area contributed by atoms with Gasteiger partial charge in [0.2, 0.25) is 0 Å². The van der Waals surface area contributed by atoms with E-state index in [1.807, 2.05) is 18.7 Å². The Morgan fingerprint density at radius 2 is 1.87 bits per heavy atom. The van der Waals surface area contributed by atoms with E-state index in [0.29, 0.717) is 0 Å². The zero-order valence-corrected chi connectivity index (χ0v) is 9.49. The molecule has 15 heavy (non-hydrogen) atoms. The van der Waals surface area contributed by atoms with E-state index in [4.69, 9.17) is 0 Å². The summed E-state index contributed by atoms with van der Waals surface area (Å²) in [5, 5.41) is 0. The van der Waals surface area contributed by atoms with Gasteiger partial charge in [-0.25, -0.2) is 4.98 Å². The summed E-state index contributed by atoms with van der Waals surface area (Å²) in [5.41, 5.74) is 5.51. The van der Waals surface area contributed by atoms with Gasteiger partial charge in [-0.15, -0.1) is 0 Å². The first-order valence-electron chi connectivity index (χ1n) is 5.20. The predicted molar refractivity (Wildman–Crippen MR) is 62.0 cm³/mol. The number of benzene rings is 1. The van der Waals surface area contributed by atoms with Crippen molar-refractivity contribution in [1.29, 1.82) is 0 Å². The summed E-state index contributed by atoms with van der Waals surface area (Å²) in [5.74, 6) is 0. The highest BCUT2D eigenvalue weighted by molar-refractivity contribution is 5.39. The van der Waals surface area contributed by atoms with Gasteiger partial charge in [0.1, 0.15) is 0 Å². The molecule has 0 aliphatic rings. The molecule has 1 heterocycles. The number of rotatable bonds is 2. The van der Waals surface area contributed by atoms with Gasteiger partial charge < -0.3 is 4.57 Å². The number of imidazole rings is 1. The highest BCUT2D eigenvalue weighted by Crippen LogP contribution is 2.18. The van der Waals surface area contributed by atoms with E-state index in [0.717, 1.165) is 6.54 Å². The number of aryl methyl sites for hydroxylation is 2. The van der Waals surface area contributed by atoms with Crippen LogP contribution in [0.1, 0.15) is 22.3 Å². The molecule has 78 valence electrons. The molecule has 0 spiro atoms. The van der Waals surface area contributed by atoms with Gasteiger partial charge in [-0.05, 0) is 43.0 Å². The molecule has 0 fully saturated rings. The molecule has 0 radical (unpaired) electrons. The average Bonchev–Trinajstić information content (AvgIpc) is 2.71. The van der Waals surface area contributed by atoms with Crippen LogP contribution in [0.5, 0.6) is 0 Å². The molecule has 0 bridgehead atoms. The Labute approximate surface area is 90.6 Å². The lowest BCUT2D eigenvalue weighted by Gasteiger charge is -2.12. The summed E-state index contributed by atoms with van der Waals surface area (Å²) >= 11 is 0. The maximum absolute atomic E-state index is 4.06. The van der Waals surface area contributed by atoms with Crippen LogP contribution in [0.2, 0.25) is 0 Å². The molecule has 0 unspecified atom stereocenters. The molecule has 2 heteroatoms. The smallest absolute Gasteiger partial charge is 0.0949 e. The molecule has 2 rings (SSSR count). The number of hydrogen-bond donors (Lipinski definition) is 0. The molecule has 0 amide bonds. The fraction of sp³-hybridized carbons (Fsp3) is 0.308. The topological polar surface area (TPSA) is 17.8 Å². The second-order valence-electron chi connectivity index (χ2n) is 4.04. The maximum Gasteiger partial charge on any atom is 0.0949 e. The molecule has 0 saturated carbocycles. The van der Waals surface area contributed by atoms with Gasteiger partial charge in [-0.3, -0.25) is 0 Å². The molecular weight excluding hydrogens is 184 g/mol. The van der Waals surface area contributed by atoms with Crippen molar-refractivity contribution in [2.75, 3.05) is 0 Å². The highest BCUT2D eigenvalue weighted by atomic mass is 15.0. The Hall–Kier alpha value is -1.57. The first-order valence-corrected chi connectivity index (χ1v) is 5.20. The monoisotopic (exact) mass is 200 g/mol. The van der Waals surface area contributed by atoms with Gasteiger partial charge in [0.25, 0.3) is 0 Å². The van der Waals surface area contributed by atoms with Gasteiger partial charge in [0.05, 0.1) is 6.33 Å². The summed E-state index contributed by atoms with van der Waals surface area (Å²) in [6.45, 7) is 7.43. The van der Waals surface area contributed by atoms with Crippen LogP contribution in [0.25, 0.3) is 0 Å². The van der Waals surface area contributed by atoms with Crippen molar-refractivity contribution in [3.8, 4) is 0 Å². The van der Waals surface area contributed by atoms with Crippen molar-refractivity contribution in [1.82, 2.24) is 9.55 Å². The molecule has 0 saturated heterocycles. The van der Waals surface area contributed by atoms with Crippen molar-refractivity contribution < 1.29 is 0 Å². The van der Waals surface area contributed by atoms with Gasteiger partial charge in [-0.2, -0.15) is 0 Å². The predicted octanol–water partition coefficient (Wildman–Crippen LogP) is 2.86. The quantitative estimate of drug-likeness (QED) is 0.729. The van der Waals surface area contributed by atoms with E-state index in [9.17, 15) is 0 Å². The fourth-order valence-electron chi connectivity index (χ4n) is 1.82. The standard InChI is InChI=1S/C13H16N2/c1-10-4-5-11(2)13(12(10)3)8-15-7-6-14-9-15/h4-7,9H,8H2,1-3H3. The molecular formula is C13H16N2. The van der Waals surface area contributed by atoms with E-state index in [1.54, 1.807) is 0 Å². The highest BCUT2D eigenvalue weighted by Gasteiger charge is 2.05. The molecule has 0 atom stereocenters. The molecule has 1 aromatic carbocycles. The Kier molecular flexibility index (Phi) is 2.58. The Bertz CT molecular complexity index is 456. The van der Waals surface area contributed by atoms with Gasteiger partial charge in [-0.1, -0.05) is 12.1 Å². The minimum atomic E-state index is 0.916. The van der Waals surface area contributed by atoms with Crippen LogP contribution in [-0.4, -0.2) is 9.55 Å². The van der Waals surface area contributed by atoms with Crippen molar-refractivity contribution in [2.45, 2.75) is 27.3 Å². The zero-order chi connectivity index (χ0) is 10.8. The van der Waals surface area contributed by atoms with Crippen molar-refractivity contribution in [3.05, 3.63) is 53.1 Å². The number of hydrogen-bond acceptors (Lipinski definition) is 1. The third-order valence-corrected chi connectivity index (χ3v) is 3.00. The Morgan fingerprint density at radius 1 is 1.13 bits per heavy atom. The van der Waals surface area contributed by atoms with Crippen LogP contribution in [-0.2, 0) is 6.54 Å². The average molecular weight is 200 g/mol. The lowest BCUT2D eigenvalue weighted by atomic mass is 9.98. The summed E-state index contributed by atoms with van der Waals surface area (Å²) < 4.78 is 2.11. The van der Waals surface area contributed by atoms with E-state index in [1.165, 1.54) is 22.3 Å². The largest absolute Gasteiger partial charge is 0.333 e. The number of aromatic nitrogens is 2. The zero-order valence-electron chi connectivity index (χ0n) is 9.49. The Morgan fingerprint density at radius 3 is 2.53 bits per heavy atom. The third-order valence-electron chi connectivity index (χ3n) is 3.00. The first-order chi connectivity index (χ1) is 7.18. The molecule has 0 N–H and O–H groups in total. The summed E-state index contributed by atoms with van der Waals surface area (Å²) in [6, 6.07) is 4.37. The second kappa shape index (κ2) is 3.89. The molecule has 1 aromatic heterocycles. The van der Waals surface area contributed by atoms with Gasteiger partial charge in [0, 0.05) is 18.9 Å². The van der Waals surface area contributed by atoms with E-state index in [-0.39, 0.29) is 0 Å². The third kappa shape index (κ3) is 1.94. The van der Waals surface area contributed by atoms with E-state index >= 15 is 0 Å². The second-order valence-corrected chi connectivity index (χ2v) is 4.04. The van der Waals surface area contributed by atoms with Gasteiger partial charge in [0.15, 0.2) is 0 Å². The number of nitrogens with zero attached hydrogens (tertiary/aromatic N) is 2. The lowest BCUT2D eigenvalue weighted by molar-refractivity contribution is 0.785. The summed E-state index contributed by atoms with van der Waals surface area (Å²) in [7, 11) is 0. The van der Waals surface area contributed by atoms with Crippen LogP contribution in [0.3, 0.4) is 0 Å². The minimum absolute atomic E-state index is 0.916. The van der Waals surface area contributed by atoms with Crippen LogP contribution in [0, 0.1) is 20.8 Å². The fourth-order valence-corrected chi connectivity index (χ4v) is 1.82. The molecule has 0 aliphatic heterocycles. The normalized spacial score (nSPS) is 10.6. The SMILES string of the molecule is Cc1ccc(C)c(Cn2ccnc2)c1C. The van der Waals surface area contributed by atoms with Crippen LogP contribution in [0.4, 0.5) is 0 Å². The lowest BCUT2D eigenvalue weighted by Crippen LogP contribution is -2.02. The summed E-state index contributed by atoms with van der Waals surface area (Å²) in [4.78, 5) is 4.06. The van der Waals surface area contributed by atoms with Crippen molar-refractivity contribution >= 4 is 0 Å². The van der Waals surface area contributed by atoms with Gasteiger partial charge >= 0.3 is 0 Å². The van der Waals surface area contributed by atoms with E-state index in [2.05, 4.69) is 42.5 Å². The van der Waals surface area contributed by atoms with Crippen molar-refractivity contribution in [2.24, 2.45) is 0 Å². The summed E-state index contributed by atoms with van der Waals surface area (Å²) in [6.07, 6.45) is 5.68. The van der Waals surface area contributed by atoms with Crippen molar-refractivity contribution in [3.63, 3.8) is 0 Å². The maximum atomic E-state index is 4.06. The van der Waals surface area contributed by atoms with Crippen LogP contribution in [0.15, 0.2) is 30.9 Å². The van der Waals surface area contributed by atoms with Crippen LogP contribution >= 0.6 is 0 Å². The molecule has 2 aromatic rings. The molecule has 0 aliphatic carbocycles.